The number of ether oxygens (including phenoxy) is 1. The molecule has 0 radical (unpaired) electrons. The summed E-state index contributed by atoms with van der Waals surface area (Å²) in [5, 5.41) is 0. The highest BCUT2D eigenvalue weighted by Crippen LogP contribution is 2.16. The van der Waals surface area contributed by atoms with Crippen molar-refractivity contribution < 1.29 is 14.3 Å². The van der Waals surface area contributed by atoms with Crippen molar-refractivity contribution in [2.24, 2.45) is 0 Å². The van der Waals surface area contributed by atoms with Crippen LogP contribution < -0.4 is 0 Å². The molecule has 0 bridgehead atoms. The number of rotatable bonds is 15. The summed E-state index contributed by atoms with van der Waals surface area (Å²) in [6, 6.07) is 0. The summed E-state index contributed by atoms with van der Waals surface area (Å²) in [6.07, 6.45) is 15.4. The van der Waals surface area contributed by atoms with Crippen LogP contribution in [0.25, 0.3) is 0 Å². The molecule has 0 spiro atoms. The molecule has 0 aromatic rings. The Balaban J connectivity index is 3.57. The van der Waals surface area contributed by atoms with Gasteiger partial charge < -0.3 is 4.74 Å². The van der Waals surface area contributed by atoms with Crippen LogP contribution in [-0.2, 0) is 14.3 Å². The molecule has 0 aromatic heterocycles. The molecule has 0 fully saturated rings. The number of methoxy groups -OCH3 is 1. The van der Waals surface area contributed by atoms with Gasteiger partial charge in [-0.25, -0.2) is 0 Å². The Kier molecular flexibility index (Phi) is 15.8. The van der Waals surface area contributed by atoms with Crippen LogP contribution in [0.15, 0.2) is 10.6 Å². The summed E-state index contributed by atoms with van der Waals surface area (Å²) in [5.41, 5.74) is 0. The topological polar surface area (TPSA) is 43.4 Å². The first kappa shape index (κ1) is 22.4. The van der Waals surface area contributed by atoms with E-state index in [4.69, 9.17) is 0 Å². The van der Waals surface area contributed by atoms with Crippen LogP contribution in [-0.4, -0.2) is 18.9 Å². The molecule has 0 rings (SSSR count). The van der Waals surface area contributed by atoms with Crippen LogP contribution in [0.3, 0.4) is 0 Å². The van der Waals surface area contributed by atoms with Crippen molar-refractivity contribution in [3.8, 4) is 0 Å². The summed E-state index contributed by atoms with van der Waals surface area (Å²) < 4.78 is 5.33. The number of Topliss-reactive ketones (excluding diaryl/α,β-unsaturated/α-hetero) is 1. The number of hydrogen-bond acceptors (Lipinski definition) is 3. The second-order valence-electron chi connectivity index (χ2n) is 6.02. The average Bonchev–Trinajstić information content (AvgIpc) is 2.56. The number of esters is 1. The molecule has 0 heterocycles. The third kappa shape index (κ3) is 14.7. The van der Waals surface area contributed by atoms with E-state index in [0.29, 0.717) is 12.8 Å². The number of ketones is 1. The molecule has 0 N–H and O–H groups in total. The Morgan fingerprint density at radius 2 is 1.43 bits per heavy atom. The van der Waals surface area contributed by atoms with E-state index in [2.05, 4.69) is 27.6 Å². The zero-order valence-corrected chi connectivity index (χ0v) is 16.5. The molecule has 0 atom stereocenters. The summed E-state index contributed by atoms with van der Waals surface area (Å²) >= 11 is 3.40. The Morgan fingerprint density at radius 1 is 0.870 bits per heavy atom. The van der Waals surface area contributed by atoms with Gasteiger partial charge in [-0.1, -0.05) is 57.9 Å². The second-order valence-corrected chi connectivity index (χ2v) is 6.88. The van der Waals surface area contributed by atoms with Gasteiger partial charge in [-0.05, 0) is 41.6 Å². The fourth-order valence-electron chi connectivity index (χ4n) is 2.40. The van der Waals surface area contributed by atoms with E-state index in [1.54, 1.807) is 0 Å². The lowest BCUT2D eigenvalue weighted by Crippen LogP contribution is -2.00. The van der Waals surface area contributed by atoms with Crippen molar-refractivity contribution in [2.75, 3.05) is 7.11 Å². The van der Waals surface area contributed by atoms with Gasteiger partial charge in [0.2, 0.25) is 0 Å². The molecular weight excluding hydrogens is 356 g/mol. The molecular formula is C19H33BrO3. The maximum Gasteiger partial charge on any atom is 0.305 e. The zero-order valence-electron chi connectivity index (χ0n) is 14.9. The largest absolute Gasteiger partial charge is 0.469 e. The Bertz CT molecular complexity index is 351. The number of carbonyl (C=O) groups excluding carboxylic acids is 2. The van der Waals surface area contributed by atoms with Gasteiger partial charge >= 0.3 is 5.97 Å². The van der Waals surface area contributed by atoms with Gasteiger partial charge in [0.25, 0.3) is 0 Å². The van der Waals surface area contributed by atoms with E-state index in [9.17, 15) is 9.59 Å². The molecule has 4 heteroatoms. The van der Waals surface area contributed by atoms with E-state index >= 15 is 0 Å². The highest BCUT2D eigenvalue weighted by molar-refractivity contribution is 9.12. The molecule has 0 amide bonds. The fraction of sp³-hybridized carbons (Fsp3) is 0.789. The van der Waals surface area contributed by atoms with Crippen LogP contribution in [0.2, 0.25) is 0 Å². The van der Waals surface area contributed by atoms with Crippen LogP contribution in [0.1, 0.15) is 90.4 Å². The normalized spacial score (nSPS) is 11.5. The molecule has 3 nitrogen and oxygen atoms in total. The van der Waals surface area contributed by atoms with Crippen molar-refractivity contribution >= 4 is 27.7 Å². The van der Waals surface area contributed by atoms with Gasteiger partial charge in [-0.2, -0.15) is 0 Å². The molecule has 0 unspecified atom stereocenters. The van der Waals surface area contributed by atoms with Crippen molar-refractivity contribution in [1.29, 1.82) is 0 Å². The first-order valence-electron chi connectivity index (χ1n) is 9.07. The molecule has 134 valence electrons. The monoisotopic (exact) mass is 388 g/mol. The van der Waals surface area contributed by atoms with Crippen LogP contribution in [0.5, 0.6) is 0 Å². The molecule has 0 aromatic carbocycles. The van der Waals surface area contributed by atoms with Gasteiger partial charge in [0.15, 0.2) is 5.78 Å². The van der Waals surface area contributed by atoms with Crippen molar-refractivity contribution in [2.45, 2.75) is 90.4 Å². The van der Waals surface area contributed by atoms with Crippen LogP contribution in [0.4, 0.5) is 0 Å². The second kappa shape index (κ2) is 16.2. The zero-order chi connectivity index (χ0) is 17.3. The lowest BCUT2D eigenvalue weighted by molar-refractivity contribution is -0.140. The Morgan fingerprint density at radius 3 is 2.09 bits per heavy atom. The quantitative estimate of drug-likeness (QED) is 0.193. The summed E-state index contributed by atoms with van der Waals surface area (Å²) in [4.78, 5) is 22.9. The molecule has 0 aliphatic heterocycles. The van der Waals surface area contributed by atoms with Crippen molar-refractivity contribution in [3.63, 3.8) is 0 Å². The molecule has 0 aliphatic carbocycles. The summed E-state index contributed by atoms with van der Waals surface area (Å²) in [7, 11) is 1.41. The minimum atomic E-state index is -0.151. The summed E-state index contributed by atoms with van der Waals surface area (Å²) in [5.74, 6) is 0.0467. The standard InChI is InChI=1S/C19H33BrO3/c1-3-4-5-6-7-8-11-14-17(20)18(21)15-12-9-10-13-16-19(22)23-2/h14H,3-13,15-16H2,1-2H3/b17-14-. The SMILES string of the molecule is CCCCCCCC/C=C(\Br)C(=O)CCCCCCC(=O)OC. The van der Waals surface area contributed by atoms with E-state index in [0.717, 1.165) is 36.6 Å². The molecule has 0 aliphatic rings. The maximum atomic E-state index is 11.9. The number of unbranched alkanes of at least 4 members (excludes halogenated alkanes) is 9. The minimum absolute atomic E-state index is 0.151. The van der Waals surface area contributed by atoms with Crippen LogP contribution in [0, 0.1) is 0 Å². The number of hydrogen-bond donors (Lipinski definition) is 0. The third-order valence-electron chi connectivity index (χ3n) is 3.91. The fourth-order valence-corrected chi connectivity index (χ4v) is 2.82. The highest BCUT2D eigenvalue weighted by atomic mass is 79.9. The van der Waals surface area contributed by atoms with E-state index in [1.165, 1.54) is 45.6 Å². The van der Waals surface area contributed by atoms with Crippen molar-refractivity contribution in [1.82, 2.24) is 0 Å². The number of carbonyl (C=O) groups is 2. The van der Waals surface area contributed by atoms with Gasteiger partial charge in [0.05, 0.1) is 11.6 Å². The first-order chi connectivity index (χ1) is 11.1. The van der Waals surface area contributed by atoms with Gasteiger partial charge in [-0.15, -0.1) is 0 Å². The molecule has 0 saturated carbocycles. The van der Waals surface area contributed by atoms with Crippen molar-refractivity contribution in [3.05, 3.63) is 10.6 Å². The smallest absolute Gasteiger partial charge is 0.305 e. The predicted octanol–water partition coefficient (Wildman–Crippen LogP) is 6.10. The van der Waals surface area contributed by atoms with Gasteiger partial charge in [0.1, 0.15) is 0 Å². The Hall–Kier alpha value is -0.640. The van der Waals surface area contributed by atoms with E-state index in [1.807, 2.05) is 6.08 Å². The molecule has 0 saturated heterocycles. The van der Waals surface area contributed by atoms with Gasteiger partial charge in [0, 0.05) is 12.8 Å². The summed E-state index contributed by atoms with van der Waals surface area (Å²) in [6.45, 7) is 2.23. The number of allylic oxidation sites excluding steroid dienone is 2. The maximum absolute atomic E-state index is 11.9. The first-order valence-corrected chi connectivity index (χ1v) is 9.86. The highest BCUT2D eigenvalue weighted by Gasteiger charge is 2.06. The van der Waals surface area contributed by atoms with E-state index in [-0.39, 0.29) is 11.8 Å². The lowest BCUT2D eigenvalue weighted by atomic mass is 10.1. The predicted molar refractivity (Wildman–Crippen MR) is 99.7 cm³/mol. The average molecular weight is 389 g/mol. The van der Waals surface area contributed by atoms with Crippen LogP contribution >= 0.6 is 15.9 Å². The number of halogens is 1. The van der Waals surface area contributed by atoms with Gasteiger partial charge in [-0.3, -0.25) is 9.59 Å². The Labute approximate surface area is 150 Å². The lowest BCUT2D eigenvalue weighted by Gasteiger charge is -2.02. The molecule has 23 heavy (non-hydrogen) atoms. The minimum Gasteiger partial charge on any atom is -0.469 e. The third-order valence-corrected chi connectivity index (χ3v) is 4.68. The van der Waals surface area contributed by atoms with E-state index < -0.39 is 0 Å².